The van der Waals surface area contributed by atoms with E-state index in [1.807, 2.05) is 11.4 Å². The molecular formula is C18H19FN2O3S2. The number of nitrogens with zero attached hydrogens (tertiary/aromatic N) is 2. The number of benzene rings is 1. The number of hydrogen-bond acceptors (Lipinski definition) is 4. The minimum Gasteiger partial charge on any atom is -0.334 e. The molecule has 0 N–H and O–H groups in total. The van der Waals surface area contributed by atoms with E-state index in [0.29, 0.717) is 26.2 Å². The third-order valence-electron chi connectivity index (χ3n) is 4.96. The Morgan fingerprint density at radius 2 is 1.88 bits per heavy atom. The lowest BCUT2D eigenvalue weighted by molar-refractivity contribution is 0.0735. The maximum Gasteiger partial charge on any atom is 0.254 e. The first kappa shape index (κ1) is 17.6. The number of carbonyl (C=O) groups is 1. The smallest absolute Gasteiger partial charge is 0.254 e. The van der Waals surface area contributed by atoms with E-state index in [1.54, 1.807) is 16.2 Å². The van der Waals surface area contributed by atoms with Crippen LogP contribution in [0.3, 0.4) is 0 Å². The van der Waals surface area contributed by atoms with Gasteiger partial charge in [0.25, 0.3) is 5.91 Å². The van der Waals surface area contributed by atoms with Gasteiger partial charge in [-0.05, 0) is 54.5 Å². The molecule has 0 radical (unpaired) electrons. The fourth-order valence-corrected chi connectivity index (χ4v) is 6.00. The Hall–Kier alpha value is -1.77. The van der Waals surface area contributed by atoms with Crippen molar-refractivity contribution < 1.29 is 17.6 Å². The van der Waals surface area contributed by atoms with E-state index < -0.39 is 20.7 Å². The Morgan fingerprint density at radius 1 is 1.12 bits per heavy atom. The number of rotatable bonds is 3. The summed E-state index contributed by atoms with van der Waals surface area (Å²) in [5.41, 5.74) is 1.34. The first-order valence-corrected chi connectivity index (χ1v) is 10.9. The molecule has 0 bridgehead atoms. The van der Waals surface area contributed by atoms with Crippen molar-refractivity contribution in [1.82, 2.24) is 9.21 Å². The van der Waals surface area contributed by atoms with E-state index >= 15 is 0 Å². The van der Waals surface area contributed by atoms with Crippen molar-refractivity contribution in [2.75, 3.05) is 19.6 Å². The zero-order valence-corrected chi connectivity index (χ0v) is 15.8. The Balaban J connectivity index is 1.63. The van der Waals surface area contributed by atoms with Gasteiger partial charge in [0.15, 0.2) is 0 Å². The quantitative estimate of drug-likeness (QED) is 0.804. The van der Waals surface area contributed by atoms with Gasteiger partial charge in [0.1, 0.15) is 10.7 Å². The van der Waals surface area contributed by atoms with Crippen LogP contribution in [0.5, 0.6) is 0 Å². The van der Waals surface area contributed by atoms with Crippen molar-refractivity contribution in [3.63, 3.8) is 0 Å². The average Bonchev–Trinajstić information content (AvgIpc) is 3.32. The Morgan fingerprint density at radius 3 is 2.65 bits per heavy atom. The third-order valence-corrected chi connectivity index (χ3v) is 7.89. The van der Waals surface area contributed by atoms with Crippen LogP contribution in [0.4, 0.5) is 4.39 Å². The highest BCUT2D eigenvalue weighted by atomic mass is 32.2. The van der Waals surface area contributed by atoms with E-state index in [1.165, 1.54) is 21.3 Å². The van der Waals surface area contributed by atoms with Gasteiger partial charge >= 0.3 is 0 Å². The van der Waals surface area contributed by atoms with Crippen LogP contribution in [-0.2, 0) is 23.0 Å². The number of amides is 1. The van der Waals surface area contributed by atoms with Gasteiger partial charge < -0.3 is 4.90 Å². The Kier molecular flexibility index (Phi) is 4.58. The van der Waals surface area contributed by atoms with Gasteiger partial charge in [-0.2, -0.15) is 4.31 Å². The third kappa shape index (κ3) is 3.06. The fraction of sp³-hybridized carbons (Fsp3) is 0.389. The van der Waals surface area contributed by atoms with Crippen LogP contribution in [0.1, 0.15) is 33.6 Å². The number of hydrogen-bond donors (Lipinski definition) is 0. The van der Waals surface area contributed by atoms with Crippen molar-refractivity contribution in [2.45, 2.75) is 30.7 Å². The Labute approximate surface area is 156 Å². The van der Waals surface area contributed by atoms with E-state index in [4.69, 9.17) is 0 Å². The molecule has 0 unspecified atom stereocenters. The molecule has 0 aliphatic carbocycles. The number of sulfonamides is 1. The summed E-state index contributed by atoms with van der Waals surface area (Å²) >= 11 is 1.68. The highest BCUT2D eigenvalue weighted by molar-refractivity contribution is 7.89. The average molecular weight is 394 g/mol. The van der Waals surface area contributed by atoms with Gasteiger partial charge in [-0.25, -0.2) is 12.8 Å². The predicted molar refractivity (Wildman–Crippen MR) is 97.2 cm³/mol. The van der Waals surface area contributed by atoms with Crippen LogP contribution in [0.15, 0.2) is 34.5 Å². The summed E-state index contributed by atoms with van der Waals surface area (Å²) in [6, 6.07) is 5.64. The molecular weight excluding hydrogens is 375 g/mol. The topological polar surface area (TPSA) is 57.7 Å². The van der Waals surface area contributed by atoms with Crippen molar-refractivity contribution in [3.8, 4) is 0 Å². The summed E-state index contributed by atoms with van der Waals surface area (Å²) in [5.74, 6) is -1.08. The molecule has 2 aliphatic rings. The lowest BCUT2D eigenvalue weighted by Gasteiger charge is -2.27. The van der Waals surface area contributed by atoms with Crippen LogP contribution < -0.4 is 0 Å². The first-order chi connectivity index (χ1) is 12.5. The van der Waals surface area contributed by atoms with Crippen molar-refractivity contribution in [1.29, 1.82) is 0 Å². The molecule has 0 atom stereocenters. The van der Waals surface area contributed by atoms with E-state index in [0.717, 1.165) is 30.9 Å². The molecule has 1 saturated heterocycles. The van der Waals surface area contributed by atoms with Gasteiger partial charge in [0.05, 0.1) is 0 Å². The van der Waals surface area contributed by atoms with Gasteiger partial charge in [-0.3, -0.25) is 4.79 Å². The van der Waals surface area contributed by atoms with E-state index in [2.05, 4.69) is 0 Å². The molecule has 0 spiro atoms. The molecule has 3 heterocycles. The summed E-state index contributed by atoms with van der Waals surface area (Å²) in [6.45, 7) is 1.88. The first-order valence-electron chi connectivity index (χ1n) is 8.61. The fourth-order valence-electron chi connectivity index (χ4n) is 3.51. The summed E-state index contributed by atoms with van der Waals surface area (Å²) in [6.07, 6.45) is 2.34. The van der Waals surface area contributed by atoms with Crippen molar-refractivity contribution in [3.05, 3.63) is 51.5 Å². The van der Waals surface area contributed by atoms with Crippen LogP contribution in [-0.4, -0.2) is 43.2 Å². The highest BCUT2D eigenvalue weighted by Gasteiger charge is 2.31. The zero-order chi connectivity index (χ0) is 18.3. The Bertz CT molecular complexity index is 949. The number of fused-ring (bicyclic) bond motifs is 1. The minimum absolute atomic E-state index is 0.211. The lowest BCUT2D eigenvalue weighted by Crippen LogP contribution is -2.35. The zero-order valence-electron chi connectivity index (χ0n) is 14.2. The number of carbonyl (C=O) groups excluding carboxylic acids is 1. The van der Waals surface area contributed by atoms with Crippen LogP contribution in [0.25, 0.3) is 0 Å². The van der Waals surface area contributed by atoms with Crippen molar-refractivity contribution in [2.24, 2.45) is 0 Å². The van der Waals surface area contributed by atoms with E-state index in [-0.39, 0.29) is 11.5 Å². The molecule has 2 aliphatic heterocycles. The maximum absolute atomic E-state index is 14.3. The molecule has 26 heavy (non-hydrogen) atoms. The van der Waals surface area contributed by atoms with Crippen molar-refractivity contribution >= 4 is 27.3 Å². The summed E-state index contributed by atoms with van der Waals surface area (Å²) < 4.78 is 40.9. The lowest BCUT2D eigenvalue weighted by atomic mass is 10.1. The molecule has 1 aromatic heterocycles. The second-order valence-electron chi connectivity index (χ2n) is 6.60. The van der Waals surface area contributed by atoms with Gasteiger partial charge in [0, 0.05) is 36.6 Å². The molecule has 2 aromatic rings. The van der Waals surface area contributed by atoms with E-state index in [9.17, 15) is 17.6 Å². The summed E-state index contributed by atoms with van der Waals surface area (Å²) in [5, 5.41) is 2.01. The van der Waals surface area contributed by atoms with Crippen LogP contribution >= 0.6 is 11.3 Å². The molecule has 1 aromatic carbocycles. The SMILES string of the molecule is O=C(c1ccc(F)c(S(=O)(=O)N2CCCC2)c1)N1CCc2sccc2C1. The molecule has 5 nitrogen and oxygen atoms in total. The maximum atomic E-state index is 14.3. The summed E-state index contributed by atoms with van der Waals surface area (Å²) in [4.78, 5) is 15.4. The molecule has 0 saturated carbocycles. The predicted octanol–water partition coefficient (Wildman–Crippen LogP) is 2.87. The molecule has 138 valence electrons. The van der Waals surface area contributed by atoms with Crippen LogP contribution in [0, 0.1) is 5.82 Å². The molecule has 8 heteroatoms. The van der Waals surface area contributed by atoms with Crippen LogP contribution in [0.2, 0.25) is 0 Å². The number of thiophene rings is 1. The molecule has 1 amide bonds. The monoisotopic (exact) mass is 394 g/mol. The largest absolute Gasteiger partial charge is 0.334 e. The van der Waals surface area contributed by atoms with Gasteiger partial charge in [0.2, 0.25) is 10.0 Å². The second-order valence-corrected chi connectivity index (χ2v) is 9.51. The molecule has 1 fully saturated rings. The highest BCUT2D eigenvalue weighted by Crippen LogP contribution is 2.27. The van der Waals surface area contributed by atoms with Gasteiger partial charge in [-0.1, -0.05) is 0 Å². The second kappa shape index (κ2) is 6.75. The summed E-state index contributed by atoms with van der Waals surface area (Å²) in [7, 11) is -3.91. The van der Waals surface area contributed by atoms with Gasteiger partial charge in [-0.15, -0.1) is 11.3 Å². The minimum atomic E-state index is -3.91. The number of halogens is 1. The molecule has 4 rings (SSSR count). The normalized spacial score (nSPS) is 18.1. The standard InChI is InChI=1S/C18H19FN2O3S2/c19-15-4-3-13(11-17(15)26(23,24)21-7-1-2-8-21)18(22)20-9-5-16-14(12-20)6-10-25-16/h3-4,6,10-11H,1-2,5,7-9,12H2.